The van der Waals surface area contributed by atoms with Crippen LogP contribution in [0.3, 0.4) is 0 Å². The van der Waals surface area contributed by atoms with Crippen LogP contribution in [0.4, 0.5) is 0 Å². The van der Waals surface area contributed by atoms with E-state index < -0.39 is 26.0 Å². The third-order valence-electron chi connectivity index (χ3n) is 8.87. The number of unbranched alkanes of at least 4 members (excludes halogenated alkanes) is 13. The Morgan fingerprint density at radius 2 is 1.23 bits per heavy atom. The van der Waals surface area contributed by atoms with E-state index in [0.717, 1.165) is 44.9 Å². The molecule has 0 amide bonds. The van der Waals surface area contributed by atoms with Gasteiger partial charge in [-0.05, 0) is 44.9 Å². The van der Waals surface area contributed by atoms with Crippen LogP contribution in [0.5, 0.6) is 0 Å². The maximum atomic E-state index is 12.7. The van der Waals surface area contributed by atoms with Crippen molar-refractivity contribution in [2.75, 3.05) is 54.1 Å². The lowest BCUT2D eigenvalue weighted by Gasteiger charge is -2.28. The summed E-state index contributed by atoms with van der Waals surface area (Å²) in [6.45, 7) is 5.04. The van der Waals surface area contributed by atoms with Crippen molar-refractivity contribution in [1.29, 1.82) is 0 Å². The molecule has 0 aliphatic heterocycles. The standard InChI is InChI=1S/C46H82NO8P/c1-6-8-10-12-14-16-18-20-22-24-26-28-30-35-40-52-42-45(43-54-56(50,51)53-41-39-47(3,4)5)55-46(49)38-34-31-33-37-44(48)36-32-29-27-25-23-21-19-17-15-13-11-9-7-2/h9,11,15,17,21,23,27,29,31-33,36,44-45,48H,6-8,10,12-14,16,18-20,22,24-26,28,30,34-35,37-43H2,1-5H3/b11-9-,17-15-,23-21-,29-27-,33-31-,36-32+. The zero-order valence-corrected chi connectivity index (χ0v) is 37.1. The molecule has 9 nitrogen and oxygen atoms in total. The number of hydrogen-bond donors (Lipinski definition) is 1. The van der Waals surface area contributed by atoms with Gasteiger partial charge in [-0.2, -0.15) is 0 Å². The number of ether oxygens (including phenoxy) is 2. The summed E-state index contributed by atoms with van der Waals surface area (Å²) in [6, 6.07) is 0. The maximum Gasteiger partial charge on any atom is 0.306 e. The predicted molar refractivity (Wildman–Crippen MR) is 232 cm³/mol. The van der Waals surface area contributed by atoms with Gasteiger partial charge in [-0.15, -0.1) is 0 Å². The molecule has 0 spiro atoms. The van der Waals surface area contributed by atoms with Crippen molar-refractivity contribution in [3.05, 3.63) is 72.9 Å². The van der Waals surface area contributed by atoms with E-state index in [4.69, 9.17) is 18.5 Å². The van der Waals surface area contributed by atoms with Crippen molar-refractivity contribution in [3.63, 3.8) is 0 Å². The van der Waals surface area contributed by atoms with Gasteiger partial charge in [-0.25, -0.2) is 0 Å². The van der Waals surface area contributed by atoms with Gasteiger partial charge < -0.3 is 33.0 Å². The van der Waals surface area contributed by atoms with Gasteiger partial charge in [0.05, 0.1) is 40.5 Å². The Labute approximate surface area is 343 Å². The van der Waals surface area contributed by atoms with Crippen LogP contribution in [0, 0.1) is 0 Å². The quantitative estimate of drug-likeness (QED) is 0.0163. The van der Waals surface area contributed by atoms with E-state index in [-0.39, 0.29) is 26.2 Å². The summed E-state index contributed by atoms with van der Waals surface area (Å²) in [5, 5.41) is 10.2. The summed E-state index contributed by atoms with van der Waals surface area (Å²) in [6.07, 6.45) is 45.2. The molecule has 0 bridgehead atoms. The molecule has 10 heteroatoms. The molecule has 0 heterocycles. The number of carbonyl (C=O) groups excluding carboxylic acids is 1. The third-order valence-corrected chi connectivity index (χ3v) is 9.83. The number of phosphoric acid groups is 1. The van der Waals surface area contributed by atoms with Crippen LogP contribution in [-0.4, -0.2) is 81.9 Å². The highest BCUT2D eigenvalue weighted by Crippen LogP contribution is 2.38. The van der Waals surface area contributed by atoms with E-state index in [1.807, 2.05) is 51.5 Å². The molecule has 0 rings (SSSR count). The van der Waals surface area contributed by atoms with Crippen molar-refractivity contribution in [2.24, 2.45) is 0 Å². The van der Waals surface area contributed by atoms with Crippen LogP contribution in [0.25, 0.3) is 0 Å². The number of aliphatic hydroxyl groups excluding tert-OH is 1. The number of allylic oxidation sites excluding steroid dienone is 10. The van der Waals surface area contributed by atoms with Gasteiger partial charge in [0, 0.05) is 13.0 Å². The number of esters is 1. The Bertz CT molecular complexity index is 1140. The number of quaternary nitrogens is 1. The molecule has 0 aromatic heterocycles. The lowest BCUT2D eigenvalue weighted by atomic mass is 10.0. The van der Waals surface area contributed by atoms with Gasteiger partial charge in [-0.1, -0.05) is 170 Å². The minimum atomic E-state index is -4.57. The van der Waals surface area contributed by atoms with Crippen molar-refractivity contribution >= 4 is 13.8 Å². The van der Waals surface area contributed by atoms with E-state index in [1.54, 1.807) is 6.08 Å². The normalized spacial score (nSPS) is 15.1. The predicted octanol–water partition coefficient (Wildman–Crippen LogP) is 11.1. The van der Waals surface area contributed by atoms with Crippen LogP contribution in [-0.2, 0) is 27.9 Å². The van der Waals surface area contributed by atoms with Crippen molar-refractivity contribution in [3.8, 4) is 0 Å². The van der Waals surface area contributed by atoms with Crippen LogP contribution < -0.4 is 4.89 Å². The third kappa shape index (κ3) is 41.5. The first-order valence-electron chi connectivity index (χ1n) is 21.8. The maximum absolute atomic E-state index is 12.7. The molecular formula is C46H82NO8P. The number of carbonyl (C=O) groups is 1. The van der Waals surface area contributed by atoms with Crippen LogP contribution >= 0.6 is 7.82 Å². The lowest BCUT2D eigenvalue weighted by Crippen LogP contribution is -2.37. The largest absolute Gasteiger partial charge is 0.756 e. The summed E-state index contributed by atoms with van der Waals surface area (Å²) in [5.41, 5.74) is 0. The molecule has 324 valence electrons. The van der Waals surface area contributed by atoms with Gasteiger partial charge in [0.2, 0.25) is 0 Å². The summed E-state index contributed by atoms with van der Waals surface area (Å²) in [4.78, 5) is 25.0. The van der Waals surface area contributed by atoms with Crippen molar-refractivity contribution < 1.29 is 42.4 Å². The molecule has 0 aromatic carbocycles. The minimum absolute atomic E-state index is 0.00832. The fraction of sp³-hybridized carbons (Fsp3) is 0.717. The number of rotatable bonds is 39. The zero-order chi connectivity index (χ0) is 41.4. The molecule has 56 heavy (non-hydrogen) atoms. The number of likely N-dealkylation sites (N-methyl/N-ethyl adjacent to an activating group) is 1. The molecule has 0 aliphatic rings. The lowest BCUT2D eigenvalue weighted by molar-refractivity contribution is -0.870. The summed E-state index contributed by atoms with van der Waals surface area (Å²) in [5.74, 6) is -0.477. The molecule has 0 saturated heterocycles. The van der Waals surface area contributed by atoms with E-state index in [9.17, 15) is 19.4 Å². The highest BCUT2D eigenvalue weighted by atomic mass is 31.2. The topological polar surface area (TPSA) is 114 Å². The summed E-state index contributed by atoms with van der Waals surface area (Å²) in [7, 11) is 1.24. The Morgan fingerprint density at radius 1 is 0.679 bits per heavy atom. The second kappa shape index (κ2) is 38.4. The highest BCUT2D eigenvalue weighted by molar-refractivity contribution is 7.45. The van der Waals surface area contributed by atoms with E-state index in [0.29, 0.717) is 30.5 Å². The van der Waals surface area contributed by atoms with Gasteiger partial charge in [0.15, 0.2) is 0 Å². The van der Waals surface area contributed by atoms with Crippen molar-refractivity contribution in [1.82, 2.24) is 0 Å². The van der Waals surface area contributed by atoms with E-state index in [2.05, 4.69) is 50.3 Å². The monoisotopic (exact) mass is 808 g/mol. The molecule has 0 aromatic rings. The average molecular weight is 808 g/mol. The smallest absolute Gasteiger partial charge is 0.306 e. The van der Waals surface area contributed by atoms with E-state index >= 15 is 0 Å². The summed E-state index contributed by atoms with van der Waals surface area (Å²) < 4.78 is 34.4. The van der Waals surface area contributed by atoms with E-state index in [1.165, 1.54) is 70.6 Å². The second-order valence-electron chi connectivity index (χ2n) is 15.5. The zero-order valence-electron chi connectivity index (χ0n) is 36.2. The molecule has 0 aliphatic carbocycles. The summed E-state index contributed by atoms with van der Waals surface area (Å²) >= 11 is 0. The Kier molecular flexibility index (Phi) is 37.0. The molecule has 3 atom stereocenters. The Balaban J connectivity index is 4.49. The minimum Gasteiger partial charge on any atom is -0.756 e. The van der Waals surface area contributed by atoms with Gasteiger partial charge >= 0.3 is 5.97 Å². The highest BCUT2D eigenvalue weighted by Gasteiger charge is 2.20. The molecule has 0 fully saturated rings. The Hall–Kier alpha value is -2.10. The van der Waals surface area contributed by atoms with Crippen LogP contribution in [0.1, 0.15) is 149 Å². The van der Waals surface area contributed by atoms with Gasteiger partial charge in [0.25, 0.3) is 7.82 Å². The van der Waals surface area contributed by atoms with Crippen LogP contribution in [0.2, 0.25) is 0 Å². The van der Waals surface area contributed by atoms with Crippen molar-refractivity contribution in [2.45, 2.75) is 161 Å². The molecular weight excluding hydrogens is 725 g/mol. The fourth-order valence-corrected chi connectivity index (χ4v) is 6.21. The molecule has 0 radical (unpaired) electrons. The first-order chi connectivity index (χ1) is 27.0. The number of phosphoric ester groups is 1. The van der Waals surface area contributed by atoms with Gasteiger partial charge in [0.1, 0.15) is 19.3 Å². The van der Waals surface area contributed by atoms with Gasteiger partial charge in [-0.3, -0.25) is 9.36 Å². The SMILES string of the molecule is CC/C=C\C/C=C\C/C=C\C/C=C\C=C\C(O)C/C=C\CCC(=O)OC(COCCCCCCCCCCCCCCCC)COP(=O)([O-])OCC[N+](C)(C)C. The second-order valence-corrected chi connectivity index (χ2v) is 16.9. The Morgan fingerprint density at radius 3 is 1.80 bits per heavy atom. The first-order valence-corrected chi connectivity index (χ1v) is 23.2. The number of hydrogen-bond acceptors (Lipinski definition) is 8. The first kappa shape index (κ1) is 53.9. The molecule has 3 unspecified atom stereocenters. The number of aliphatic hydroxyl groups is 1. The number of nitrogens with zero attached hydrogens (tertiary/aromatic N) is 1. The fourth-order valence-electron chi connectivity index (χ4n) is 5.48. The average Bonchev–Trinajstić information content (AvgIpc) is 3.14. The van der Waals surface area contributed by atoms with Crippen LogP contribution in [0.15, 0.2) is 72.9 Å². The molecule has 1 N–H and O–H groups in total. The molecule has 0 saturated carbocycles.